The zero-order chi connectivity index (χ0) is 12.4. The number of benzene rings is 1. The monoisotopic (exact) mass is 232 g/mol. The lowest BCUT2D eigenvalue weighted by atomic mass is 10.1. The van der Waals surface area contributed by atoms with Gasteiger partial charge in [-0.3, -0.25) is 5.43 Å². The van der Waals surface area contributed by atoms with E-state index >= 15 is 0 Å². The van der Waals surface area contributed by atoms with Crippen LogP contribution in [-0.2, 0) is 0 Å². The fraction of sp³-hybridized carbons (Fsp3) is 0.462. The lowest BCUT2D eigenvalue weighted by Gasteiger charge is -2.15. The van der Waals surface area contributed by atoms with Crippen molar-refractivity contribution in [3.63, 3.8) is 0 Å². The molecule has 4 nitrogen and oxygen atoms in total. The summed E-state index contributed by atoms with van der Waals surface area (Å²) >= 11 is 0. The van der Waals surface area contributed by atoms with Crippen molar-refractivity contribution in [3.05, 3.63) is 28.8 Å². The fourth-order valence-electron chi connectivity index (χ4n) is 1.99. The van der Waals surface area contributed by atoms with Crippen LogP contribution in [0.4, 0.5) is 5.69 Å². The third kappa shape index (κ3) is 2.97. The molecule has 0 heterocycles. The molecule has 1 aromatic rings. The predicted octanol–water partition coefficient (Wildman–Crippen LogP) is 2.01. The van der Waals surface area contributed by atoms with Crippen LogP contribution in [0.25, 0.3) is 0 Å². The van der Waals surface area contributed by atoms with Gasteiger partial charge in [0.2, 0.25) is 5.96 Å². The van der Waals surface area contributed by atoms with E-state index in [4.69, 9.17) is 5.84 Å². The van der Waals surface area contributed by atoms with E-state index in [1.165, 1.54) is 29.5 Å². The van der Waals surface area contributed by atoms with Crippen LogP contribution in [0.15, 0.2) is 17.1 Å². The number of aryl methyl sites for hydroxylation is 3. The topological polar surface area (TPSA) is 62.4 Å². The molecular formula is C13H20N4. The van der Waals surface area contributed by atoms with Crippen molar-refractivity contribution >= 4 is 11.6 Å². The number of hydrazine groups is 1. The average molecular weight is 232 g/mol. The minimum absolute atomic E-state index is 0.444. The number of aliphatic imine (C=N–C) groups is 1. The molecule has 0 aliphatic heterocycles. The van der Waals surface area contributed by atoms with Crippen LogP contribution in [0.5, 0.6) is 0 Å². The van der Waals surface area contributed by atoms with Crippen LogP contribution < -0.4 is 16.6 Å². The molecule has 1 saturated carbocycles. The second kappa shape index (κ2) is 4.75. The lowest BCUT2D eigenvalue weighted by molar-refractivity contribution is 0.965. The zero-order valence-corrected chi connectivity index (χ0v) is 10.7. The third-order valence-electron chi connectivity index (χ3n) is 2.92. The van der Waals surface area contributed by atoms with Gasteiger partial charge in [0.25, 0.3) is 0 Å². The second-order valence-electron chi connectivity index (χ2n) is 4.75. The Morgan fingerprint density at radius 1 is 1.24 bits per heavy atom. The van der Waals surface area contributed by atoms with Crippen molar-refractivity contribution in [2.75, 3.05) is 5.32 Å². The number of nitrogens with zero attached hydrogens (tertiary/aromatic N) is 1. The Hall–Kier alpha value is -1.55. The molecule has 92 valence electrons. The molecule has 0 radical (unpaired) electrons. The van der Waals surface area contributed by atoms with E-state index in [2.05, 4.69) is 48.6 Å². The third-order valence-corrected chi connectivity index (χ3v) is 2.92. The maximum Gasteiger partial charge on any atom is 0.210 e. The predicted molar refractivity (Wildman–Crippen MR) is 72.1 cm³/mol. The molecule has 0 spiro atoms. The van der Waals surface area contributed by atoms with Gasteiger partial charge in [0.1, 0.15) is 0 Å². The fourth-order valence-corrected chi connectivity index (χ4v) is 1.99. The maximum atomic E-state index is 5.48. The molecule has 4 N–H and O–H groups in total. The summed E-state index contributed by atoms with van der Waals surface area (Å²) in [6.45, 7) is 6.28. The minimum atomic E-state index is 0.444. The molecule has 2 rings (SSSR count). The quantitative estimate of drug-likeness (QED) is 0.316. The van der Waals surface area contributed by atoms with E-state index in [0.29, 0.717) is 12.0 Å². The largest absolute Gasteiger partial charge is 0.325 e. The van der Waals surface area contributed by atoms with Crippen LogP contribution in [0, 0.1) is 20.8 Å². The Morgan fingerprint density at radius 3 is 2.29 bits per heavy atom. The van der Waals surface area contributed by atoms with Crippen molar-refractivity contribution in [2.45, 2.75) is 39.7 Å². The van der Waals surface area contributed by atoms with Gasteiger partial charge in [-0.2, -0.15) is 0 Å². The highest BCUT2D eigenvalue weighted by Crippen LogP contribution is 2.25. The molecular weight excluding hydrogens is 212 g/mol. The number of anilines is 1. The number of nitrogens with two attached hydrogens (primary N) is 1. The average Bonchev–Trinajstić information content (AvgIpc) is 3.05. The van der Waals surface area contributed by atoms with E-state index in [-0.39, 0.29) is 0 Å². The summed E-state index contributed by atoms with van der Waals surface area (Å²) < 4.78 is 0. The SMILES string of the molecule is Cc1cc(C)c(NC(=NC2CC2)NN)c(C)c1. The summed E-state index contributed by atoms with van der Waals surface area (Å²) in [6.07, 6.45) is 2.33. The standard InChI is InChI=1S/C13H20N4/c1-8-6-9(2)12(10(3)7-8)16-13(17-14)15-11-4-5-11/h6-7,11H,4-5,14H2,1-3H3,(H2,15,16,17). The van der Waals surface area contributed by atoms with Gasteiger partial charge in [0.15, 0.2) is 0 Å². The van der Waals surface area contributed by atoms with Gasteiger partial charge < -0.3 is 5.32 Å². The summed E-state index contributed by atoms with van der Waals surface area (Å²) in [5.41, 5.74) is 7.41. The molecule has 0 saturated heterocycles. The maximum absolute atomic E-state index is 5.48. The van der Waals surface area contributed by atoms with Crippen molar-refractivity contribution in [3.8, 4) is 0 Å². The van der Waals surface area contributed by atoms with Crippen molar-refractivity contribution in [1.82, 2.24) is 5.43 Å². The first-order valence-electron chi connectivity index (χ1n) is 5.99. The smallest absolute Gasteiger partial charge is 0.210 e. The summed E-state index contributed by atoms with van der Waals surface area (Å²) in [4.78, 5) is 4.48. The molecule has 0 amide bonds. The van der Waals surface area contributed by atoms with Crippen LogP contribution in [-0.4, -0.2) is 12.0 Å². The Bertz CT molecular complexity index is 424. The first kappa shape index (κ1) is 11.9. The normalized spacial score (nSPS) is 15.9. The number of guanidine groups is 1. The molecule has 4 heteroatoms. The highest BCUT2D eigenvalue weighted by Gasteiger charge is 2.21. The molecule has 0 atom stereocenters. The molecule has 0 unspecified atom stereocenters. The second-order valence-corrected chi connectivity index (χ2v) is 4.75. The summed E-state index contributed by atoms with van der Waals surface area (Å²) in [5, 5.41) is 3.28. The first-order chi connectivity index (χ1) is 8.10. The van der Waals surface area contributed by atoms with E-state index in [1.54, 1.807) is 0 Å². The Morgan fingerprint density at radius 2 is 1.82 bits per heavy atom. The molecule has 1 aliphatic rings. The molecule has 1 aromatic carbocycles. The van der Waals surface area contributed by atoms with Gasteiger partial charge in [-0.1, -0.05) is 17.7 Å². The molecule has 0 aromatic heterocycles. The van der Waals surface area contributed by atoms with E-state index in [0.717, 1.165) is 5.69 Å². The highest BCUT2D eigenvalue weighted by molar-refractivity contribution is 5.94. The van der Waals surface area contributed by atoms with Gasteiger partial charge in [0, 0.05) is 5.69 Å². The summed E-state index contributed by atoms with van der Waals surface area (Å²) in [5.74, 6) is 6.14. The van der Waals surface area contributed by atoms with Crippen LogP contribution in [0.2, 0.25) is 0 Å². The molecule has 1 fully saturated rings. The van der Waals surface area contributed by atoms with Crippen LogP contribution in [0.3, 0.4) is 0 Å². The van der Waals surface area contributed by atoms with Gasteiger partial charge in [0.05, 0.1) is 6.04 Å². The summed E-state index contributed by atoms with van der Waals surface area (Å²) in [7, 11) is 0. The number of hydrogen-bond donors (Lipinski definition) is 3. The van der Waals surface area contributed by atoms with Gasteiger partial charge in [-0.15, -0.1) is 0 Å². The van der Waals surface area contributed by atoms with E-state index < -0.39 is 0 Å². The number of nitrogens with one attached hydrogen (secondary N) is 2. The van der Waals surface area contributed by atoms with Gasteiger partial charge in [-0.05, 0) is 44.7 Å². The lowest BCUT2D eigenvalue weighted by Crippen LogP contribution is -2.37. The minimum Gasteiger partial charge on any atom is -0.325 e. The molecule has 17 heavy (non-hydrogen) atoms. The summed E-state index contributed by atoms with van der Waals surface area (Å²) in [6, 6.07) is 4.75. The molecule has 0 bridgehead atoms. The highest BCUT2D eigenvalue weighted by atomic mass is 15.3. The molecule has 1 aliphatic carbocycles. The van der Waals surface area contributed by atoms with Crippen LogP contribution in [0.1, 0.15) is 29.5 Å². The van der Waals surface area contributed by atoms with Gasteiger partial charge in [-0.25, -0.2) is 10.8 Å². The zero-order valence-electron chi connectivity index (χ0n) is 10.7. The Balaban J connectivity index is 2.22. The first-order valence-corrected chi connectivity index (χ1v) is 5.99. The Kier molecular flexibility index (Phi) is 3.33. The van der Waals surface area contributed by atoms with Crippen molar-refractivity contribution in [2.24, 2.45) is 10.8 Å². The van der Waals surface area contributed by atoms with E-state index in [1.807, 2.05) is 0 Å². The van der Waals surface area contributed by atoms with Gasteiger partial charge >= 0.3 is 0 Å². The van der Waals surface area contributed by atoms with Crippen molar-refractivity contribution in [1.29, 1.82) is 0 Å². The van der Waals surface area contributed by atoms with Crippen molar-refractivity contribution < 1.29 is 0 Å². The Labute approximate surface area is 102 Å². The number of rotatable bonds is 2. The van der Waals surface area contributed by atoms with E-state index in [9.17, 15) is 0 Å². The number of hydrogen-bond acceptors (Lipinski definition) is 2. The van der Waals surface area contributed by atoms with Crippen LogP contribution >= 0.6 is 0 Å².